The average Bonchev–Trinajstić information content (AvgIpc) is 2.18. The second kappa shape index (κ2) is 5.25. The first kappa shape index (κ1) is 10.6. The van der Waals surface area contributed by atoms with Crippen molar-refractivity contribution in [1.29, 1.82) is 0 Å². The minimum atomic E-state index is 0.334. The van der Waals surface area contributed by atoms with Gasteiger partial charge in [0.05, 0.1) is 0 Å². The number of rotatable bonds is 3. The molecule has 13 heavy (non-hydrogen) atoms. The van der Waals surface area contributed by atoms with E-state index in [1.807, 2.05) is 11.8 Å². The Morgan fingerprint density at radius 2 is 2.23 bits per heavy atom. The summed E-state index contributed by atoms with van der Waals surface area (Å²) in [4.78, 5) is 13.5. The lowest BCUT2D eigenvalue weighted by atomic mass is 9.93. The second-order valence-electron chi connectivity index (χ2n) is 3.99. The van der Waals surface area contributed by atoms with Gasteiger partial charge in [-0.05, 0) is 25.2 Å². The first-order chi connectivity index (χ1) is 6.27. The van der Waals surface area contributed by atoms with E-state index < -0.39 is 0 Å². The molecule has 1 fully saturated rings. The molecule has 0 aromatic carbocycles. The lowest BCUT2D eigenvalue weighted by Crippen LogP contribution is -2.39. The molecule has 0 aliphatic carbocycles. The van der Waals surface area contributed by atoms with Gasteiger partial charge in [0.15, 0.2) is 0 Å². The van der Waals surface area contributed by atoms with Gasteiger partial charge in [-0.1, -0.05) is 20.3 Å². The van der Waals surface area contributed by atoms with Crippen LogP contribution in [0.15, 0.2) is 0 Å². The van der Waals surface area contributed by atoms with Crippen molar-refractivity contribution in [2.24, 2.45) is 5.92 Å². The van der Waals surface area contributed by atoms with Gasteiger partial charge >= 0.3 is 0 Å². The van der Waals surface area contributed by atoms with Crippen LogP contribution >= 0.6 is 0 Å². The number of hydrogen-bond acceptors (Lipinski definition) is 1. The number of piperidine rings is 1. The maximum atomic E-state index is 11.4. The summed E-state index contributed by atoms with van der Waals surface area (Å²) in [5.41, 5.74) is 0. The molecule has 2 heteroatoms. The zero-order valence-electron chi connectivity index (χ0n) is 8.88. The molecule has 1 amide bonds. The van der Waals surface area contributed by atoms with Crippen molar-refractivity contribution in [3.05, 3.63) is 0 Å². The van der Waals surface area contributed by atoms with Crippen LogP contribution < -0.4 is 0 Å². The molecule has 0 radical (unpaired) electrons. The van der Waals surface area contributed by atoms with Crippen LogP contribution in [0.5, 0.6) is 0 Å². The highest BCUT2D eigenvalue weighted by Crippen LogP contribution is 2.21. The number of carbonyl (C=O) groups is 1. The predicted octanol–water partition coefficient (Wildman–Crippen LogP) is 2.44. The molecule has 1 unspecified atom stereocenters. The van der Waals surface area contributed by atoms with E-state index >= 15 is 0 Å². The normalized spacial score (nSPS) is 23.2. The minimum Gasteiger partial charge on any atom is -0.342 e. The molecule has 1 saturated heterocycles. The van der Waals surface area contributed by atoms with E-state index in [1.165, 1.54) is 25.7 Å². The third-order valence-electron chi connectivity index (χ3n) is 2.87. The summed E-state index contributed by atoms with van der Waals surface area (Å²) in [5.74, 6) is 1.11. The van der Waals surface area contributed by atoms with Gasteiger partial charge in [0.2, 0.25) is 5.91 Å². The summed E-state index contributed by atoms with van der Waals surface area (Å²) in [6.45, 7) is 6.18. The third-order valence-corrected chi connectivity index (χ3v) is 2.87. The molecule has 0 bridgehead atoms. The Morgan fingerprint density at radius 3 is 2.85 bits per heavy atom. The van der Waals surface area contributed by atoms with Crippen LogP contribution in [-0.4, -0.2) is 23.9 Å². The maximum absolute atomic E-state index is 11.4. The fraction of sp³-hybridized carbons (Fsp3) is 0.909. The van der Waals surface area contributed by atoms with Crippen LogP contribution in [-0.2, 0) is 4.79 Å². The van der Waals surface area contributed by atoms with Crippen molar-refractivity contribution in [2.75, 3.05) is 13.1 Å². The van der Waals surface area contributed by atoms with Crippen molar-refractivity contribution in [3.8, 4) is 0 Å². The number of amides is 1. The van der Waals surface area contributed by atoms with Gasteiger partial charge < -0.3 is 4.90 Å². The van der Waals surface area contributed by atoms with Crippen molar-refractivity contribution >= 4 is 5.91 Å². The Hall–Kier alpha value is -0.530. The molecule has 0 aromatic rings. The van der Waals surface area contributed by atoms with Gasteiger partial charge in [-0.2, -0.15) is 0 Å². The highest BCUT2D eigenvalue weighted by molar-refractivity contribution is 5.75. The Balaban J connectivity index is 2.37. The van der Waals surface area contributed by atoms with Crippen LogP contribution in [0.1, 0.15) is 46.0 Å². The smallest absolute Gasteiger partial charge is 0.222 e. The maximum Gasteiger partial charge on any atom is 0.222 e. The molecule has 2 nitrogen and oxygen atoms in total. The zero-order valence-corrected chi connectivity index (χ0v) is 8.88. The van der Waals surface area contributed by atoms with E-state index in [0.29, 0.717) is 12.3 Å². The van der Waals surface area contributed by atoms with E-state index in [0.717, 1.165) is 19.0 Å². The van der Waals surface area contributed by atoms with Crippen LogP contribution in [0, 0.1) is 5.92 Å². The van der Waals surface area contributed by atoms with Gasteiger partial charge in [0.25, 0.3) is 0 Å². The zero-order chi connectivity index (χ0) is 9.68. The minimum absolute atomic E-state index is 0.334. The molecular formula is C11H21NO. The summed E-state index contributed by atoms with van der Waals surface area (Å²) in [7, 11) is 0. The van der Waals surface area contributed by atoms with E-state index in [1.54, 1.807) is 0 Å². The summed E-state index contributed by atoms with van der Waals surface area (Å²) in [5, 5.41) is 0. The number of nitrogens with zero attached hydrogens (tertiary/aromatic N) is 1. The summed E-state index contributed by atoms with van der Waals surface area (Å²) < 4.78 is 0. The van der Waals surface area contributed by atoms with Crippen molar-refractivity contribution in [2.45, 2.75) is 46.0 Å². The summed E-state index contributed by atoms with van der Waals surface area (Å²) in [6.07, 6.45) is 5.73. The molecular weight excluding hydrogens is 162 g/mol. The van der Waals surface area contributed by atoms with Crippen molar-refractivity contribution in [3.63, 3.8) is 0 Å². The largest absolute Gasteiger partial charge is 0.342 e. The predicted molar refractivity (Wildman–Crippen MR) is 54.5 cm³/mol. The molecule has 0 aromatic heterocycles. The van der Waals surface area contributed by atoms with Gasteiger partial charge in [-0.25, -0.2) is 0 Å². The van der Waals surface area contributed by atoms with Gasteiger partial charge in [0, 0.05) is 19.5 Å². The molecule has 0 saturated carbocycles. The molecule has 76 valence electrons. The number of hydrogen-bond donors (Lipinski definition) is 0. The first-order valence-corrected chi connectivity index (χ1v) is 5.55. The van der Waals surface area contributed by atoms with Crippen LogP contribution in [0.3, 0.4) is 0 Å². The molecule has 1 atom stereocenters. The van der Waals surface area contributed by atoms with Gasteiger partial charge in [0.1, 0.15) is 0 Å². The number of carbonyl (C=O) groups excluding carboxylic acids is 1. The SMILES string of the molecule is CCCC1CCCN(C(=O)CC)C1. The van der Waals surface area contributed by atoms with Crippen molar-refractivity contribution < 1.29 is 4.79 Å². The van der Waals surface area contributed by atoms with E-state index in [-0.39, 0.29) is 0 Å². The molecule has 1 rings (SSSR count). The highest BCUT2D eigenvalue weighted by atomic mass is 16.2. The van der Waals surface area contributed by atoms with E-state index in [4.69, 9.17) is 0 Å². The first-order valence-electron chi connectivity index (χ1n) is 5.55. The molecule has 1 aliphatic rings. The Morgan fingerprint density at radius 1 is 1.46 bits per heavy atom. The summed E-state index contributed by atoms with van der Waals surface area (Å²) in [6, 6.07) is 0. The molecule has 1 heterocycles. The second-order valence-corrected chi connectivity index (χ2v) is 3.99. The summed E-state index contributed by atoms with van der Waals surface area (Å²) >= 11 is 0. The monoisotopic (exact) mass is 183 g/mol. The average molecular weight is 183 g/mol. The molecule has 0 spiro atoms. The Bertz CT molecular complexity index is 165. The third kappa shape index (κ3) is 3.02. The highest BCUT2D eigenvalue weighted by Gasteiger charge is 2.21. The van der Waals surface area contributed by atoms with Gasteiger partial charge in [-0.3, -0.25) is 4.79 Å². The standard InChI is InChI=1S/C11H21NO/c1-3-6-10-7-5-8-12(9-10)11(13)4-2/h10H,3-9H2,1-2H3. The number of likely N-dealkylation sites (tertiary alicyclic amines) is 1. The lowest BCUT2D eigenvalue weighted by molar-refractivity contribution is -0.132. The molecule has 0 N–H and O–H groups in total. The topological polar surface area (TPSA) is 20.3 Å². The fourth-order valence-corrected chi connectivity index (χ4v) is 2.16. The van der Waals surface area contributed by atoms with Crippen LogP contribution in [0.4, 0.5) is 0 Å². The molecule has 1 aliphatic heterocycles. The van der Waals surface area contributed by atoms with E-state index in [2.05, 4.69) is 6.92 Å². The Kier molecular flexibility index (Phi) is 4.26. The Labute approximate surface area is 81.3 Å². The van der Waals surface area contributed by atoms with Gasteiger partial charge in [-0.15, -0.1) is 0 Å². The lowest BCUT2D eigenvalue weighted by Gasteiger charge is -2.32. The van der Waals surface area contributed by atoms with Crippen LogP contribution in [0.25, 0.3) is 0 Å². The van der Waals surface area contributed by atoms with Crippen molar-refractivity contribution in [1.82, 2.24) is 4.90 Å². The van der Waals surface area contributed by atoms with E-state index in [9.17, 15) is 4.79 Å². The fourth-order valence-electron chi connectivity index (χ4n) is 2.16. The quantitative estimate of drug-likeness (QED) is 0.658. The van der Waals surface area contributed by atoms with Crippen LogP contribution in [0.2, 0.25) is 0 Å².